The SMILES string of the molecule is Cc1ccccc1NC(=O)[C@H](C)Sc1nccc(=O)[nH]1. The van der Waals surface area contributed by atoms with Crippen LogP contribution in [0.1, 0.15) is 12.5 Å². The maximum atomic E-state index is 12.1. The molecule has 104 valence electrons. The fraction of sp³-hybridized carbons (Fsp3) is 0.214. The van der Waals surface area contributed by atoms with Crippen LogP contribution in [0.4, 0.5) is 5.69 Å². The zero-order valence-electron chi connectivity index (χ0n) is 11.2. The lowest BCUT2D eigenvalue weighted by molar-refractivity contribution is -0.115. The predicted molar refractivity (Wildman–Crippen MR) is 80.0 cm³/mol. The fourth-order valence-electron chi connectivity index (χ4n) is 1.58. The van der Waals surface area contributed by atoms with Crippen molar-refractivity contribution in [2.45, 2.75) is 24.3 Å². The summed E-state index contributed by atoms with van der Waals surface area (Å²) in [6, 6.07) is 8.91. The lowest BCUT2D eigenvalue weighted by Crippen LogP contribution is -2.23. The smallest absolute Gasteiger partial charge is 0.251 e. The molecule has 0 bridgehead atoms. The molecule has 1 aromatic heterocycles. The predicted octanol–water partition coefficient (Wildman–Crippen LogP) is 2.20. The van der Waals surface area contributed by atoms with Crippen molar-refractivity contribution in [3.63, 3.8) is 0 Å². The van der Waals surface area contributed by atoms with Gasteiger partial charge in [0.05, 0.1) is 5.25 Å². The summed E-state index contributed by atoms with van der Waals surface area (Å²) in [5, 5.41) is 2.94. The van der Waals surface area contributed by atoms with E-state index in [0.717, 1.165) is 11.3 Å². The highest BCUT2D eigenvalue weighted by Crippen LogP contribution is 2.20. The summed E-state index contributed by atoms with van der Waals surface area (Å²) < 4.78 is 0. The molecule has 0 aliphatic heterocycles. The number of rotatable bonds is 4. The molecule has 0 aliphatic carbocycles. The van der Waals surface area contributed by atoms with Gasteiger partial charge in [0.1, 0.15) is 0 Å². The number of amides is 1. The van der Waals surface area contributed by atoms with Crippen LogP contribution in [0.5, 0.6) is 0 Å². The molecule has 2 N–H and O–H groups in total. The van der Waals surface area contributed by atoms with Gasteiger partial charge in [0.25, 0.3) is 5.56 Å². The molecule has 1 heterocycles. The highest BCUT2D eigenvalue weighted by molar-refractivity contribution is 8.00. The average molecular weight is 289 g/mol. The molecule has 2 aromatic rings. The molecular weight excluding hydrogens is 274 g/mol. The van der Waals surface area contributed by atoms with Gasteiger partial charge < -0.3 is 10.3 Å². The zero-order valence-corrected chi connectivity index (χ0v) is 12.0. The Kier molecular flexibility index (Phi) is 4.57. The molecule has 0 saturated carbocycles. The Morgan fingerprint density at radius 3 is 2.80 bits per heavy atom. The quantitative estimate of drug-likeness (QED) is 0.668. The second-order valence-corrected chi connectivity index (χ2v) is 5.63. The van der Waals surface area contributed by atoms with Crippen LogP contribution in [0.15, 0.2) is 46.5 Å². The van der Waals surface area contributed by atoms with Gasteiger partial charge in [-0.2, -0.15) is 0 Å². The number of aromatic amines is 1. The van der Waals surface area contributed by atoms with Crippen molar-refractivity contribution in [1.82, 2.24) is 9.97 Å². The largest absolute Gasteiger partial charge is 0.325 e. The Morgan fingerprint density at radius 2 is 2.10 bits per heavy atom. The number of carbonyl (C=O) groups excluding carboxylic acids is 1. The van der Waals surface area contributed by atoms with Crippen LogP contribution in [-0.2, 0) is 4.79 Å². The molecule has 20 heavy (non-hydrogen) atoms. The Labute approximate surface area is 120 Å². The molecule has 0 saturated heterocycles. The van der Waals surface area contributed by atoms with Gasteiger partial charge in [-0.1, -0.05) is 30.0 Å². The number of thioether (sulfide) groups is 1. The van der Waals surface area contributed by atoms with Gasteiger partial charge in [-0.25, -0.2) is 4.98 Å². The van der Waals surface area contributed by atoms with Gasteiger partial charge in [0.2, 0.25) is 5.91 Å². The first-order valence-electron chi connectivity index (χ1n) is 6.15. The molecule has 0 unspecified atom stereocenters. The van der Waals surface area contributed by atoms with E-state index >= 15 is 0 Å². The summed E-state index contributed by atoms with van der Waals surface area (Å²) in [6.07, 6.45) is 1.42. The second-order valence-electron chi connectivity index (χ2n) is 4.30. The summed E-state index contributed by atoms with van der Waals surface area (Å²) in [7, 11) is 0. The first-order chi connectivity index (χ1) is 9.56. The first kappa shape index (κ1) is 14.3. The number of aryl methyl sites for hydroxylation is 1. The lowest BCUT2D eigenvalue weighted by Gasteiger charge is -2.12. The Morgan fingerprint density at radius 1 is 1.35 bits per heavy atom. The van der Waals surface area contributed by atoms with Gasteiger partial charge in [-0.15, -0.1) is 0 Å². The topological polar surface area (TPSA) is 74.8 Å². The summed E-state index contributed by atoms with van der Waals surface area (Å²) >= 11 is 1.21. The van der Waals surface area contributed by atoms with Crippen LogP contribution < -0.4 is 10.9 Å². The monoisotopic (exact) mass is 289 g/mol. The third-order valence-corrected chi connectivity index (χ3v) is 3.71. The van der Waals surface area contributed by atoms with E-state index in [0.29, 0.717) is 5.16 Å². The number of para-hydroxylation sites is 1. The minimum Gasteiger partial charge on any atom is -0.325 e. The minimum atomic E-state index is -0.361. The van der Waals surface area contributed by atoms with Crippen LogP contribution in [0.2, 0.25) is 0 Å². The van der Waals surface area contributed by atoms with Crippen molar-refractivity contribution in [3.05, 3.63) is 52.4 Å². The van der Waals surface area contributed by atoms with E-state index < -0.39 is 0 Å². The molecular formula is C14H15N3O2S. The lowest BCUT2D eigenvalue weighted by atomic mass is 10.2. The zero-order chi connectivity index (χ0) is 14.5. The summed E-state index contributed by atoms with van der Waals surface area (Å²) in [4.78, 5) is 29.9. The molecule has 1 amide bonds. The summed E-state index contributed by atoms with van der Waals surface area (Å²) in [5.74, 6) is -0.129. The van der Waals surface area contributed by atoms with Crippen molar-refractivity contribution in [3.8, 4) is 0 Å². The van der Waals surface area contributed by atoms with E-state index in [2.05, 4.69) is 15.3 Å². The van der Waals surface area contributed by atoms with Gasteiger partial charge >= 0.3 is 0 Å². The van der Waals surface area contributed by atoms with Crippen LogP contribution in [0, 0.1) is 6.92 Å². The number of H-pyrrole nitrogens is 1. The van der Waals surface area contributed by atoms with Crippen molar-refractivity contribution in [1.29, 1.82) is 0 Å². The maximum absolute atomic E-state index is 12.1. The standard InChI is InChI=1S/C14H15N3O2S/c1-9-5-3-4-6-11(9)16-13(19)10(2)20-14-15-8-7-12(18)17-14/h3-8,10H,1-2H3,(H,16,19)(H,15,17,18)/t10-/m0/s1. The van der Waals surface area contributed by atoms with E-state index in [1.54, 1.807) is 6.92 Å². The summed E-state index contributed by atoms with van der Waals surface area (Å²) in [6.45, 7) is 3.70. The third-order valence-electron chi connectivity index (χ3n) is 2.71. The molecule has 1 aromatic carbocycles. The molecule has 0 radical (unpaired) electrons. The van der Waals surface area contributed by atoms with Gasteiger partial charge in [-0.3, -0.25) is 9.59 Å². The average Bonchev–Trinajstić information content (AvgIpc) is 2.41. The normalized spacial score (nSPS) is 11.9. The number of anilines is 1. The summed E-state index contributed by atoms with van der Waals surface area (Å²) in [5.41, 5.74) is 1.57. The third kappa shape index (κ3) is 3.71. The minimum absolute atomic E-state index is 0.129. The molecule has 6 heteroatoms. The van der Waals surface area contributed by atoms with Crippen molar-refractivity contribution in [2.75, 3.05) is 5.32 Å². The molecule has 0 aliphatic rings. The number of hydrogen-bond donors (Lipinski definition) is 2. The highest BCUT2D eigenvalue weighted by Gasteiger charge is 2.16. The number of nitrogens with one attached hydrogen (secondary N) is 2. The van der Waals surface area contributed by atoms with E-state index in [4.69, 9.17) is 0 Å². The number of carbonyl (C=O) groups is 1. The van der Waals surface area contributed by atoms with Crippen LogP contribution >= 0.6 is 11.8 Å². The van der Waals surface area contributed by atoms with E-state index in [1.165, 1.54) is 24.0 Å². The van der Waals surface area contributed by atoms with Crippen LogP contribution in [0.3, 0.4) is 0 Å². The molecule has 1 atom stereocenters. The maximum Gasteiger partial charge on any atom is 0.251 e. The van der Waals surface area contributed by atoms with Gasteiger partial charge in [0, 0.05) is 18.0 Å². The van der Waals surface area contributed by atoms with Crippen molar-refractivity contribution >= 4 is 23.4 Å². The number of aromatic nitrogens is 2. The van der Waals surface area contributed by atoms with Crippen molar-refractivity contribution in [2.24, 2.45) is 0 Å². The highest BCUT2D eigenvalue weighted by atomic mass is 32.2. The second kappa shape index (κ2) is 6.38. The number of hydrogen-bond acceptors (Lipinski definition) is 4. The van der Waals surface area contributed by atoms with E-state index in [1.807, 2.05) is 31.2 Å². The fourth-order valence-corrected chi connectivity index (χ4v) is 2.36. The first-order valence-corrected chi connectivity index (χ1v) is 7.02. The van der Waals surface area contributed by atoms with Crippen LogP contribution in [-0.4, -0.2) is 21.1 Å². The van der Waals surface area contributed by atoms with Gasteiger partial charge in [0.15, 0.2) is 5.16 Å². The van der Waals surface area contributed by atoms with Gasteiger partial charge in [-0.05, 0) is 25.5 Å². The van der Waals surface area contributed by atoms with E-state index in [9.17, 15) is 9.59 Å². The Balaban J connectivity index is 2.02. The molecule has 0 spiro atoms. The molecule has 2 rings (SSSR count). The molecule has 5 nitrogen and oxygen atoms in total. The van der Waals surface area contributed by atoms with E-state index in [-0.39, 0.29) is 16.7 Å². The number of benzene rings is 1. The van der Waals surface area contributed by atoms with Crippen LogP contribution in [0.25, 0.3) is 0 Å². The Bertz CT molecular complexity index is 669. The van der Waals surface area contributed by atoms with Crippen molar-refractivity contribution < 1.29 is 4.79 Å². The molecule has 0 fully saturated rings. The Hall–Kier alpha value is -2.08. The number of nitrogens with zero attached hydrogens (tertiary/aromatic N) is 1.